The van der Waals surface area contributed by atoms with Crippen LogP contribution >= 0.6 is 11.3 Å². The number of aromatic nitrogens is 1. The fourth-order valence-corrected chi connectivity index (χ4v) is 3.41. The van der Waals surface area contributed by atoms with Crippen molar-refractivity contribution in [3.63, 3.8) is 0 Å². The zero-order valence-corrected chi connectivity index (χ0v) is 14.9. The van der Waals surface area contributed by atoms with Crippen LogP contribution in [0.15, 0.2) is 61.2 Å². The highest BCUT2D eigenvalue weighted by Crippen LogP contribution is 2.34. The van der Waals surface area contributed by atoms with Crippen molar-refractivity contribution in [2.45, 2.75) is 19.4 Å². The standard InChI is InChI=1S/C20H20N2O2S/c1-3-4-13-24-14(2)19(23)21-16-10-6-5-9-15(16)20-22-17-11-7-8-12-18(17)25-20/h3,5-12,14H,1,4,13H2,2H3,(H,21,23). The normalized spacial score (nSPS) is 12.0. The Morgan fingerprint density at radius 2 is 2.04 bits per heavy atom. The number of benzene rings is 2. The lowest BCUT2D eigenvalue weighted by Gasteiger charge is -2.14. The molecule has 0 bridgehead atoms. The first-order chi connectivity index (χ1) is 12.2. The van der Waals surface area contributed by atoms with Crippen molar-refractivity contribution in [2.75, 3.05) is 11.9 Å². The van der Waals surface area contributed by atoms with Gasteiger partial charge in [-0.1, -0.05) is 30.3 Å². The molecule has 128 valence electrons. The van der Waals surface area contributed by atoms with Crippen LogP contribution in [0.4, 0.5) is 5.69 Å². The number of nitrogens with one attached hydrogen (secondary N) is 1. The summed E-state index contributed by atoms with van der Waals surface area (Å²) < 4.78 is 6.64. The number of thiazole rings is 1. The van der Waals surface area contributed by atoms with E-state index >= 15 is 0 Å². The second kappa shape index (κ2) is 8.05. The van der Waals surface area contributed by atoms with Crippen molar-refractivity contribution in [1.29, 1.82) is 0 Å². The SMILES string of the molecule is C=CCCOC(C)C(=O)Nc1ccccc1-c1nc2ccccc2s1. The van der Waals surface area contributed by atoms with Crippen molar-refractivity contribution >= 4 is 33.1 Å². The molecule has 0 aliphatic heterocycles. The third-order valence-corrected chi connectivity index (χ3v) is 4.84. The van der Waals surface area contributed by atoms with Gasteiger partial charge in [0.25, 0.3) is 5.91 Å². The summed E-state index contributed by atoms with van der Waals surface area (Å²) in [5.74, 6) is -0.169. The lowest BCUT2D eigenvalue weighted by Crippen LogP contribution is -2.28. The molecule has 2 aromatic carbocycles. The number of anilines is 1. The summed E-state index contributed by atoms with van der Waals surface area (Å²) >= 11 is 1.61. The van der Waals surface area contributed by atoms with E-state index in [1.165, 1.54) is 0 Å². The number of hydrogen-bond acceptors (Lipinski definition) is 4. The summed E-state index contributed by atoms with van der Waals surface area (Å²) in [7, 11) is 0. The molecule has 0 fully saturated rings. The number of para-hydroxylation sites is 2. The Kier molecular flexibility index (Phi) is 5.58. The van der Waals surface area contributed by atoms with Crippen LogP contribution in [0, 0.1) is 0 Å². The average molecular weight is 352 g/mol. The first-order valence-electron chi connectivity index (χ1n) is 8.17. The van der Waals surface area contributed by atoms with Crippen molar-refractivity contribution in [3.05, 3.63) is 61.2 Å². The highest BCUT2D eigenvalue weighted by Gasteiger charge is 2.16. The molecule has 0 radical (unpaired) electrons. The Morgan fingerprint density at radius 1 is 1.28 bits per heavy atom. The zero-order valence-electron chi connectivity index (χ0n) is 14.1. The minimum absolute atomic E-state index is 0.169. The van der Waals surface area contributed by atoms with Gasteiger partial charge in [-0.25, -0.2) is 4.98 Å². The van der Waals surface area contributed by atoms with Crippen molar-refractivity contribution in [1.82, 2.24) is 4.98 Å². The van der Waals surface area contributed by atoms with Crippen LogP contribution < -0.4 is 5.32 Å². The van der Waals surface area contributed by atoms with Gasteiger partial charge < -0.3 is 10.1 Å². The Hall–Kier alpha value is -2.50. The van der Waals surface area contributed by atoms with E-state index in [0.717, 1.165) is 32.9 Å². The maximum atomic E-state index is 12.4. The maximum Gasteiger partial charge on any atom is 0.253 e. The number of rotatable bonds is 7. The van der Waals surface area contributed by atoms with Gasteiger partial charge in [0.05, 0.1) is 22.5 Å². The quantitative estimate of drug-likeness (QED) is 0.487. The van der Waals surface area contributed by atoms with Crippen molar-refractivity contribution in [3.8, 4) is 10.6 Å². The molecule has 0 spiro atoms. The van der Waals surface area contributed by atoms with E-state index in [1.54, 1.807) is 24.3 Å². The molecular formula is C20H20N2O2S. The van der Waals surface area contributed by atoms with Gasteiger partial charge >= 0.3 is 0 Å². The third-order valence-electron chi connectivity index (χ3n) is 3.77. The van der Waals surface area contributed by atoms with E-state index in [1.807, 2.05) is 48.5 Å². The number of carbonyl (C=O) groups excluding carboxylic acids is 1. The Labute approximate surface area is 151 Å². The summed E-state index contributed by atoms with van der Waals surface area (Å²) in [5.41, 5.74) is 2.62. The Bertz CT molecular complexity index is 855. The molecule has 1 heterocycles. The molecule has 25 heavy (non-hydrogen) atoms. The van der Waals surface area contributed by atoms with Gasteiger partial charge in [-0.05, 0) is 37.6 Å². The number of fused-ring (bicyclic) bond motifs is 1. The van der Waals surface area contributed by atoms with Crippen LogP contribution in [0.25, 0.3) is 20.8 Å². The molecule has 0 saturated carbocycles. The average Bonchev–Trinajstić information content (AvgIpc) is 3.06. The number of ether oxygens (including phenoxy) is 1. The molecule has 0 saturated heterocycles. The van der Waals surface area contributed by atoms with E-state index in [9.17, 15) is 4.79 Å². The zero-order chi connectivity index (χ0) is 17.6. The van der Waals surface area contributed by atoms with Gasteiger partial charge in [-0.2, -0.15) is 0 Å². The first-order valence-corrected chi connectivity index (χ1v) is 8.99. The lowest BCUT2D eigenvalue weighted by molar-refractivity contribution is -0.126. The second-order valence-electron chi connectivity index (χ2n) is 5.61. The minimum Gasteiger partial charge on any atom is -0.368 e. The predicted octanol–water partition coefficient (Wildman–Crippen LogP) is 4.88. The molecule has 1 atom stereocenters. The fourth-order valence-electron chi connectivity index (χ4n) is 2.40. The second-order valence-corrected chi connectivity index (χ2v) is 6.64. The van der Waals surface area contributed by atoms with Gasteiger partial charge in [0.1, 0.15) is 11.1 Å². The summed E-state index contributed by atoms with van der Waals surface area (Å²) in [6.45, 7) is 5.88. The van der Waals surface area contributed by atoms with Crippen molar-refractivity contribution in [2.24, 2.45) is 0 Å². The number of nitrogens with zero attached hydrogens (tertiary/aromatic N) is 1. The van der Waals surface area contributed by atoms with Gasteiger partial charge in [-0.3, -0.25) is 4.79 Å². The molecule has 3 aromatic rings. The van der Waals surface area contributed by atoms with Gasteiger partial charge in [0.15, 0.2) is 0 Å². The van der Waals surface area contributed by atoms with Crippen LogP contribution in [-0.4, -0.2) is 23.6 Å². The fraction of sp³-hybridized carbons (Fsp3) is 0.200. The maximum absolute atomic E-state index is 12.4. The summed E-state index contributed by atoms with van der Waals surface area (Å²) in [5, 5.41) is 3.84. The van der Waals surface area contributed by atoms with Crippen LogP contribution in [0.3, 0.4) is 0 Å². The van der Waals surface area contributed by atoms with Gasteiger partial charge in [0.2, 0.25) is 0 Å². The Balaban J connectivity index is 1.81. The molecule has 1 aromatic heterocycles. The molecule has 1 N–H and O–H groups in total. The minimum atomic E-state index is -0.525. The van der Waals surface area contributed by atoms with Gasteiger partial charge in [-0.15, -0.1) is 17.9 Å². The third kappa shape index (κ3) is 4.13. The monoisotopic (exact) mass is 352 g/mol. The number of carbonyl (C=O) groups is 1. The largest absolute Gasteiger partial charge is 0.368 e. The van der Waals surface area contributed by atoms with Crippen LogP contribution in [-0.2, 0) is 9.53 Å². The summed E-state index contributed by atoms with van der Waals surface area (Å²) in [4.78, 5) is 17.1. The Morgan fingerprint density at radius 3 is 2.84 bits per heavy atom. The van der Waals surface area contributed by atoms with E-state index in [-0.39, 0.29) is 5.91 Å². The van der Waals surface area contributed by atoms with E-state index in [0.29, 0.717) is 6.61 Å². The first kappa shape index (κ1) is 17.3. The van der Waals surface area contributed by atoms with Crippen molar-refractivity contribution < 1.29 is 9.53 Å². The smallest absolute Gasteiger partial charge is 0.253 e. The molecule has 0 aliphatic carbocycles. The van der Waals surface area contributed by atoms with Crippen LogP contribution in [0.1, 0.15) is 13.3 Å². The highest BCUT2D eigenvalue weighted by atomic mass is 32.1. The highest BCUT2D eigenvalue weighted by molar-refractivity contribution is 7.21. The summed E-state index contributed by atoms with van der Waals surface area (Å²) in [6.07, 6.45) is 1.97. The molecule has 1 amide bonds. The predicted molar refractivity (Wildman–Crippen MR) is 104 cm³/mol. The number of amides is 1. The van der Waals surface area contributed by atoms with E-state index in [4.69, 9.17) is 4.74 Å². The summed E-state index contributed by atoms with van der Waals surface area (Å²) in [6, 6.07) is 15.7. The van der Waals surface area contributed by atoms with Gasteiger partial charge in [0, 0.05) is 5.56 Å². The molecule has 5 heteroatoms. The van der Waals surface area contributed by atoms with E-state index in [2.05, 4.69) is 16.9 Å². The van der Waals surface area contributed by atoms with Crippen LogP contribution in [0.2, 0.25) is 0 Å². The topological polar surface area (TPSA) is 51.2 Å². The molecule has 4 nitrogen and oxygen atoms in total. The molecule has 3 rings (SSSR count). The lowest BCUT2D eigenvalue weighted by atomic mass is 10.2. The molecule has 1 unspecified atom stereocenters. The van der Waals surface area contributed by atoms with Crippen LogP contribution in [0.5, 0.6) is 0 Å². The molecule has 0 aliphatic rings. The molecular weight excluding hydrogens is 332 g/mol. The van der Waals surface area contributed by atoms with E-state index < -0.39 is 6.10 Å². The number of hydrogen-bond donors (Lipinski definition) is 1.